The van der Waals surface area contributed by atoms with Gasteiger partial charge in [0.25, 0.3) is 5.91 Å². The maximum absolute atomic E-state index is 12.0. The predicted molar refractivity (Wildman–Crippen MR) is 107 cm³/mol. The molecule has 0 atom stereocenters. The lowest BCUT2D eigenvalue weighted by Gasteiger charge is -2.12. The molecule has 0 spiro atoms. The van der Waals surface area contributed by atoms with Crippen molar-refractivity contribution in [2.75, 3.05) is 19.0 Å². The number of amides is 1. The van der Waals surface area contributed by atoms with Crippen molar-refractivity contribution in [1.29, 1.82) is 0 Å². The molecular weight excluding hydrogens is 436 g/mol. The SMILES string of the molecule is COc1ccccc1CCC(=O)OCC(=O)Nc1c(Cl)c(Cl)cc(Cl)c1Cl. The van der Waals surface area contributed by atoms with Crippen LogP contribution in [0.2, 0.25) is 20.1 Å². The molecule has 9 heteroatoms. The van der Waals surface area contributed by atoms with Crippen LogP contribution in [0, 0.1) is 0 Å². The molecule has 0 aromatic heterocycles. The quantitative estimate of drug-likeness (QED) is 0.451. The number of hydrogen-bond acceptors (Lipinski definition) is 4. The van der Waals surface area contributed by atoms with Crippen molar-refractivity contribution in [1.82, 2.24) is 0 Å². The van der Waals surface area contributed by atoms with Crippen molar-refractivity contribution in [2.24, 2.45) is 0 Å². The summed E-state index contributed by atoms with van der Waals surface area (Å²) < 4.78 is 10.2. The van der Waals surface area contributed by atoms with Gasteiger partial charge in [-0.1, -0.05) is 64.6 Å². The van der Waals surface area contributed by atoms with Crippen molar-refractivity contribution in [2.45, 2.75) is 12.8 Å². The third-order valence-electron chi connectivity index (χ3n) is 3.53. The van der Waals surface area contributed by atoms with Crippen LogP contribution in [0.4, 0.5) is 5.69 Å². The van der Waals surface area contributed by atoms with Crippen LogP contribution in [0.25, 0.3) is 0 Å². The van der Waals surface area contributed by atoms with Gasteiger partial charge in [-0.15, -0.1) is 0 Å². The topological polar surface area (TPSA) is 64.6 Å². The maximum atomic E-state index is 12.0. The first-order chi connectivity index (χ1) is 12.8. The fraction of sp³-hybridized carbons (Fsp3) is 0.222. The molecule has 27 heavy (non-hydrogen) atoms. The molecule has 0 unspecified atom stereocenters. The highest BCUT2D eigenvalue weighted by Gasteiger charge is 2.17. The van der Waals surface area contributed by atoms with Crippen LogP contribution in [-0.4, -0.2) is 25.6 Å². The van der Waals surface area contributed by atoms with Gasteiger partial charge in [0.05, 0.1) is 32.9 Å². The molecule has 0 heterocycles. The average molecular weight is 451 g/mol. The lowest BCUT2D eigenvalue weighted by molar-refractivity contribution is -0.147. The summed E-state index contributed by atoms with van der Waals surface area (Å²) in [6.45, 7) is -0.498. The van der Waals surface area contributed by atoms with Gasteiger partial charge in [-0.3, -0.25) is 9.59 Å². The number of anilines is 1. The Morgan fingerprint density at radius 3 is 2.30 bits per heavy atom. The van der Waals surface area contributed by atoms with Crippen LogP contribution in [0.3, 0.4) is 0 Å². The number of methoxy groups -OCH3 is 1. The van der Waals surface area contributed by atoms with Gasteiger partial charge in [0.1, 0.15) is 5.75 Å². The van der Waals surface area contributed by atoms with Gasteiger partial charge < -0.3 is 14.8 Å². The number of hydrogen-bond donors (Lipinski definition) is 1. The molecule has 0 aliphatic heterocycles. The van der Waals surface area contributed by atoms with E-state index in [0.29, 0.717) is 12.2 Å². The largest absolute Gasteiger partial charge is 0.496 e. The second-order valence-electron chi connectivity index (χ2n) is 5.36. The molecule has 144 valence electrons. The number of carbonyl (C=O) groups is 2. The molecule has 1 amide bonds. The molecule has 1 N–H and O–H groups in total. The van der Waals surface area contributed by atoms with Gasteiger partial charge in [0, 0.05) is 6.42 Å². The number of nitrogens with one attached hydrogen (secondary N) is 1. The second kappa shape index (κ2) is 10.0. The Morgan fingerprint density at radius 1 is 1.04 bits per heavy atom. The summed E-state index contributed by atoms with van der Waals surface area (Å²) in [4.78, 5) is 23.9. The number of aryl methyl sites for hydroxylation is 1. The highest BCUT2D eigenvalue weighted by Crippen LogP contribution is 2.40. The van der Waals surface area contributed by atoms with Crippen LogP contribution in [-0.2, 0) is 20.7 Å². The Hall–Kier alpha value is -1.66. The molecule has 0 aliphatic carbocycles. The maximum Gasteiger partial charge on any atom is 0.306 e. The minimum absolute atomic E-state index is 0.0434. The van der Waals surface area contributed by atoms with E-state index in [-0.39, 0.29) is 32.2 Å². The van der Waals surface area contributed by atoms with E-state index in [4.69, 9.17) is 55.9 Å². The first-order valence-electron chi connectivity index (χ1n) is 7.73. The van der Waals surface area contributed by atoms with Crippen molar-refractivity contribution < 1.29 is 19.1 Å². The Labute approximate surface area is 176 Å². The second-order valence-corrected chi connectivity index (χ2v) is 6.93. The zero-order valence-electron chi connectivity index (χ0n) is 14.2. The first kappa shape index (κ1) is 21.6. The average Bonchev–Trinajstić information content (AvgIpc) is 2.66. The van der Waals surface area contributed by atoms with E-state index < -0.39 is 18.5 Å². The molecule has 0 fully saturated rings. The zero-order valence-corrected chi connectivity index (χ0v) is 17.2. The highest BCUT2D eigenvalue weighted by molar-refractivity contribution is 6.50. The number of benzene rings is 2. The van der Waals surface area contributed by atoms with E-state index in [1.807, 2.05) is 18.2 Å². The molecule has 5 nitrogen and oxygen atoms in total. The Morgan fingerprint density at radius 2 is 1.67 bits per heavy atom. The molecule has 2 rings (SSSR count). The van der Waals surface area contributed by atoms with E-state index in [2.05, 4.69) is 5.32 Å². The summed E-state index contributed by atoms with van der Waals surface area (Å²) in [7, 11) is 1.56. The zero-order chi connectivity index (χ0) is 20.0. The fourth-order valence-electron chi connectivity index (χ4n) is 2.22. The van der Waals surface area contributed by atoms with Crippen molar-refractivity contribution in [3.63, 3.8) is 0 Å². The summed E-state index contributed by atoms with van der Waals surface area (Å²) in [5.74, 6) is -0.467. The van der Waals surface area contributed by atoms with E-state index in [1.54, 1.807) is 13.2 Å². The standard InChI is InChI=1S/C18H15Cl4NO4/c1-26-13-5-3-2-4-10(13)6-7-15(25)27-9-14(24)23-18-16(21)11(19)8-12(20)17(18)22/h2-5,8H,6-7,9H2,1H3,(H,23,24). The van der Waals surface area contributed by atoms with Crippen LogP contribution in [0.1, 0.15) is 12.0 Å². The molecule has 0 aliphatic rings. The van der Waals surface area contributed by atoms with Crippen LogP contribution in [0.5, 0.6) is 5.75 Å². The number of rotatable bonds is 7. The van der Waals surface area contributed by atoms with Crippen LogP contribution < -0.4 is 10.1 Å². The Kier molecular flexibility index (Phi) is 8.05. The van der Waals surface area contributed by atoms with Crippen LogP contribution in [0.15, 0.2) is 30.3 Å². The van der Waals surface area contributed by atoms with Gasteiger partial charge in [-0.25, -0.2) is 0 Å². The predicted octanol–water partition coefficient (Wildman–Crippen LogP) is 5.42. The Balaban J connectivity index is 1.88. The number of para-hydroxylation sites is 1. The monoisotopic (exact) mass is 449 g/mol. The fourth-order valence-corrected chi connectivity index (χ4v) is 3.13. The highest BCUT2D eigenvalue weighted by atomic mass is 35.5. The van der Waals surface area contributed by atoms with Gasteiger partial charge in [-0.05, 0) is 24.1 Å². The summed E-state index contributed by atoms with van der Waals surface area (Å²) in [6, 6.07) is 8.70. The lowest BCUT2D eigenvalue weighted by Crippen LogP contribution is -2.21. The molecular formula is C18H15Cl4NO4. The van der Waals surface area contributed by atoms with Crippen molar-refractivity contribution >= 4 is 64.0 Å². The van der Waals surface area contributed by atoms with Gasteiger partial charge in [0.15, 0.2) is 6.61 Å². The third kappa shape index (κ3) is 5.91. The van der Waals surface area contributed by atoms with E-state index in [0.717, 1.165) is 5.56 Å². The lowest BCUT2D eigenvalue weighted by atomic mass is 10.1. The molecule has 2 aromatic carbocycles. The van der Waals surface area contributed by atoms with Gasteiger partial charge in [0.2, 0.25) is 0 Å². The van der Waals surface area contributed by atoms with E-state index in [9.17, 15) is 9.59 Å². The number of carbonyl (C=O) groups excluding carboxylic acids is 2. The molecule has 0 radical (unpaired) electrons. The number of halogens is 4. The molecule has 2 aromatic rings. The normalized spacial score (nSPS) is 10.4. The van der Waals surface area contributed by atoms with E-state index in [1.165, 1.54) is 6.07 Å². The minimum Gasteiger partial charge on any atom is -0.496 e. The third-order valence-corrected chi connectivity index (χ3v) is 5.11. The number of ether oxygens (including phenoxy) is 2. The van der Waals surface area contributed by atoms with Gasteiger partial charge in [-0.2, -0.15) is 0 Å². The van der Waals surface area contributed by atoms with E-state index >= 15 is 0 Å². The van der Waals surface area contributed by atoms with Crippen molar-refractivity contribution in [3.05, 3.63) is 56.0 Å². The Bertz CT molecular complexity index is 831. The minimum atomic E-state index is -0.622. The molecule has 0 saturated heterocycles. The summed E-state index contributed by atoms with van der Waals surface area (Å²) >= 11 is 23.8. The number of esters is 1. The summed E-state index contributed by atoms with van der Waals surface area (Å²) in [5.41, 5.74) is 0.930. The summed E-state index contributed by atoms with van der Waals surface area (Å²) in [6.07, 6.45) is 0.518. The van der Waals surface area contributed by atoms with Gasteiger partial charge >= 0.3 is 5.97 Å². The summed E-state index contributed by atoms with van der Waals surface area (Å²) in [5, 5.41) is 2.79. The molecule has 0 bridgehead atoms. The van der Waals surface area contributed by atoms with Crippen LogP contribution >= 0.6 is 46.4 Å². The van der Waals surface area contributed by atoms with Crippen molar-refractivity contribution in [3.8, 4) is 5.75 Å². The first-order valence-corrected chi connectivity index (χ1v) is 9.25. The molecule has 0 saturated carbocycles. The smallest absolute Gasteiger partial charge is 0.306 e.